The number of anilines is 1. The van der Waals surface area contributed by atoms with Crippen LogP contribution in [0.3, 0.4) is 0 Å². The molecule has 0 bridgehead atoms. The summed E-state index contributed by atoms with van der Waals surface area (Å²) in [5.41, 5.74) is 1.09. The van der Waals surface area contributed by atoms with E-state index in [1.54, 1.807) is 44.2 Å². The molecule has 0 spiro atoms. The van der Waals surface area contributed by atoms with E-state index in [1.165, 1.54) is 0 Å². The van der Waals surface area contributed by atoms with Crippen molar-refractivity contribution in [3.63, 3.8) is 0 Å². The number of carbonyl (C=O) groups excluding carboxylic acids is 2. The second kappa shape index (κ2) is 10.7. The molecule has 1 atom stereocenters. The van der Waals surface area contributed by atoms with Crippen LogP contribution in [0.1, 0.15) is 25.5 Å². The average molecular weight is 489 g/mol. The predicted molar refractivity (Wildman–Crippen MR) is 114 cm³/mol. The summed E-state index contributed by atoms with van der Waals surface area (Å²) in [6.07, 6.45) is 0. The van der Waals surface area contributed by atoms with Gasteiger partial charge in [-0.25, -0.2) is 0 Å². The van der Waals surface area contributed by atoms with Gasteiger partial charge in [0.25, 0.3) is 0 Å². The van der Waals surface area contributed by atoms with Gasteiger partial charge in [0.1, 0.15) is 0 Å². The quantitative estimate of drug-likeness (QED) is 0.384. The lowest BCUT2D eigenvalue weighted by Crippen LogP contribution is -2.37. The van der Waals surface area contributed by atoms with Gasteiger partial charge in [-0.05, 0) is 50.2 Å². The highest BCUT2D eigenvalue weighted by atomic mass is 79.9. The monoisotopic (exact) mass is 487 g/mol. The first-order valence-corrected chi connectivity index (χ1v) is 10.2. The summed E-state index contributed by atoms with van der Waals surface area (Å²) >= 11 is 16.2. The highest BCUT2D eigenvalue weighted by Gasteiger charge is 2.40. The van der Waals surface area contributed by atoms with Crippen LogP contribution in [0.2, 0.25) is 10.0 Å². The van der Waals surface area contributed by atoms with Gasteiger partial charge in [0.2, 0.25) is 0 Å². The molecule has 8 heteroatoms. The first-order valence-electron chi connectivity index (χ1n) is 8.68. The minimum absolute atomic E-state index is 0.121. The standard InChI is InChI=1S/C20H20BrCl2NO4/c1-3-27-19(25)17(20(26)28-4-2)18(16-14(22)6-5-7-15(16)23)24-13-10-8-12(21)9-11-13/h5-11,17-18,24H,3-4H2,1-2H3. The molecule has 0 aliphatic rings. The summed E-state index contributed by atoms with van der Waals surface area (Å²) in [7, 11) is 0. The fourth-order valence-electron chi connectivity index (χ4n) is 2.69. The molecule has 0 heterocycles. The van der Waals surface area contributed by atoms with E-state index in [1.807, 2.05) is 12.1 Å². The van der Waals surface area contributed by atoms with Gasteiger partial charge in [-0.15, -0.1) is 0 Å². The molecule has 0 radical (unpaired) electrons. The Labute approximate surface area is 182 Å². The Balaban J connectivity index is 2.57. The first-order chi connectivity index (χ1) is 13.4. The number of hydrogen-bond donors (Lipinski definition) is 1. The Morgan fingerprint density at radius 2 is 1.46 bits per heavy atom. The lowest BCUT2D eigenvalue weighted by molar-refractivity contribution is -0.162. The van der Waals surface area contributed by atoms with Crippen molar-refractivity contribution in [1.29, 1.82) is 0 Å². The zero-order valence-corrected chi connectivity index (χ0v) is 18.5. The lowest BCUT2D eigenvalue weighted by atomic mass is 9.92. The van der Waals surface area contributed by atoms with Crippen LogP contribution < -0.4 is 5.32 Å². The fraction of sp³-hybridized carbons (Fsp3) is 0.300. The van der Waals surface area contributed by atoms with Gasteiger partial charge in [-0.3, -0.25) is 9.59 Å². The molecule has 150 valence electrons. The summed E-state index contributed by atoms with van der Waals surface area (Å²) in [5.74, 6) is -2.72. The van der Waals surface area contributed by atoms with Crippen molar-refractivity contribution >= 4 is 56.8 Å². The number of halogens is 3. The summed E-state index contributed by atoms with van der Waals surface area (Å²) < 4.78 is 11.2. The molecular formula is C20H20BrCl2NO4. The Hall–Kier alpha value is -1.76. The Morgan fingerprint density at radius 1 is 0.964 bits per heavy atom. The number of nitrogens with one attached hydrogen (secondary N) is 1. The lowest BCUT2D eigenvalue weighted by Gasteiger charge is -2.28. The summed E-state index contributed by atoms with van der Waals surface area (Å²) in [6, 6.07) is 11.4. The number of rotatable bonds is 8. The maximum Gasteiger partial charge on any atom is 0.322 e. The molecule has 0 saturated carbocycles. The largest absolute Gasteiger partial charge is 0.465 e. The second-order valence-electron chi connectivity index (χ2n) is 5.75. The molecule has 0 aliphatic heterocycles. The summed E-state index contributed by atoms with van der Waals surface area (Å²) in [6.45, 7) is 3.57. The smallest absolute Gasteiger partial charge is 0.322 e. The van der Waals surface area contributed by atoms with Crippen molar-refractivity contribution in [2.45, 2.75) is 19.9 Å². The van der Waals surface area contributed by atoms with E-state index in [4.69, 9.17) is 32.7 Å². The van der Waals surface area contributed by atoms with E-state index in [-0.39, 0.29) is 13.2 Å². The SMILES string of the molecule is CCOC(=O)C(C(=O)OCC)C(Nc1ccc(Br)cc1)c1c(Cl)cccc1Cl. The van der Waals surface area contributed by atoms with E-state index in [9.17, 15) is 9.59 Å². The van der Waals surface area contributed by atoms with E-state index >= 15 is 0 Å². The van der Waals surface area contributed by atoms with Crippen LogP contribution in [0, 0.1) is 5.92 Å². The van der Waals surface area contributed by atoms with Gasteiger partial charge in [0, 0.05) is 25.8 Å². The number of hydrogen-bond acceptors (Lipinski definition) is 5. The fourth-order valence-corrected chi connectivity index (χ4v) is 3.59. The molecule has 2 aromatic rings. The zero-order chi connectivity index (χ0) is 20.7. The van der Waals surface area contributed by atoms with Crippen LogP contribution in [-0.4, -0.2) is 25.2 Å². The van der Waals surface area contributed by atoms with Gasteiger partial charge in [-0.1, -0.05) is 45.2 Å². The minimum atomic E-state index is -1.29. The highest BCUT2D eigenvalue weighted by Crippen LogP contribution is 2.38. The molecule has 0 aliphatic carbocycles. The maximum atomic E-state index is 12.7. The Bertz CT molecular complexity index is 791. The van der Waals surface area contributed by atoms with E-state index < -0.39 is 23.9 Å². The van der Waals surface area contributed by atoms with Crippen LogP contribution in [0.5, 0.6) is 0 Å². The second-order valence-corrected chi connectivity index (χ2v) is 7.48. The van der Waals surface area contributed by atoms with E-state index in [0.29, 0.717) is 21.3 Å². The van der Waals surface area contributed by atoms with Crippen LogP contribution in [0.4, 0.5) is 5.69 Å². The molecule has 2 rings (SSSR count). The third-order valence-corrected chi connectivity index (χ3v) is 5.08. The molecule has 0 saturated heterocycles. The number of benzene rings is 2. The first kappa shape index (κ1) is 22.5. The topological polar surface area (TPSA) is 64.6 Å². The molecular weight excluding hydrogens is 469 g/mol. The third kappa shape index (κ3) is 5.63. The van der Waals surface area contributed by atoms with E-state index in [0.717, 1.165) is 4.47 Å². The molecule has 1 unspecified atom stereocenters. The molecule has 0 aromatic heterocycles. The van der Waals surface area contributed by atoms with Crippen molar-refractivity contribution in [2.75, 3.05) is 18.5 Å². The van der Waals surface area contributed by atoms with Crippen LogP contribution in [0.15, 0.2) is 46.9 Å². The van der Waals surface area contributed by atoms with Crippen molar-refractivity contribution in [3.05, 3.63) is 62.5 Å². The highest BCUT2D eigenvalue weighted by molar-refractivity contribution is 9.10. The van der Waals surface area contributed by atoms with Crippen molar-refractivity contribution in [3.8, 4) is 0 Å². The van der Waals surface area contributed by atoms with Crippen LogP contribution >= 0.6 is 39.1 Å². The maximum absolute atomic E-state index is 12.7. The normalized spacial score (nSPS) is 11.8. The summed E-state index contributed by atoms with van der Waals surface area (Å²) in [5, 5.41) is 3.83. The number of carbonyl (C=O) groups is 2. The number of ether oxygens (including phenoxy) is 2. The Morgan fingerprint density at radius 3 is 1.93 bits per heavy atom. The zero-order valence-electron chi connectivity index (χ0n) is 15.4. The molecule has 2 aromatic carbocycles. The van der Waals surface area contributed by atoms with Crippen molar-refractivity contribution < 1.29 is 19.1 Å². The van der Waals surface area contributed by atoms with Crippen LogP contribution in [0.25, 0.3) is 0 Å². The molecule has 28 heavy (non-hydrogen) atoms. The Kier molecular flexibility index (Phi) is 8.60. The summed E-state index contributed by atoms with van der Waals surface area (Å²) in [4.78, 5) is 25.4. The van der Waals surface area contributed by atoms with Gasteiger partial charge >= 0.3 is 11.9 Å². The minimum Gasteiger partial charge on any atom is -0.465 e. The average Bonchev–Trinajstić information content (AvgIpc) is 2.64. The van der Waals surface area contributed by atoms with Gasteiger partial charge < -0.3 is 14.8 Å². The van der Waals surface area contributed by atoms with E-state index in [2.05, 4.69) is 21.2 Å². The third-order valence-electron chi connectivity index (χ3n) is 3.89. The molecule has 5 nitrogen and oxygen atoms in total. The van der Waals surface area contributed by atoms with Gasteiger partial charge in [0.15, 0.2) is 5.92 Å². The van der Waals surface area contributed by atoms with Crippen LogP contribution in [-0.2, 0) is 19.1 Å². The molecule has 0 amide bonds. The molecule has 0 fully saturated rings. The van der Waals surface area contributed by atoms with Gasteiger partial charge in [0.05, 0.1) is 19.3 Å². The predicted octanol–water partition coefficient (Wildman–Crippen LogP) is 5.65. The number of esters is 2. The van der Waals surface area contributed by atoms with Gasteiger partial charge in [-0.2, -0.15) is 0 Å². The van der Waals surface area contributed by atoms with Crippen molar-refractivity contribution in [1.82, 2.24) is 0 Å². The van der Waals surface area contributed by atoms with Crippen molar-refractivity contribution in [2.24, 2.45) is 5.92 Å². The molecule has 1 N–H and O–H groups in total.